The van der Waals surface area contributed by atoms with Crippen molar-refractivity contribution >= 4 is 23.3 Å². The molecule has 144 valence electrons. The quantitative estimate of drug-likeness (QED) is 0.576. The van der Waals surface area contributed by atoms with E-state index in [0.717, 1.165) is 0 Å². The molecule has 0 heterocycles. The molecule has 0 saturated carbocycles. The molecule has 0 saturated heterocycles. The number of aliphatic hydroxyl groups excluding tert-OH is 1. The highest BCUT2D eigenvalue weighted by Gasteiger charge is 2.15. The monoisotopic (exact) mass is 374 g/mol. The molecule has 0 atom stereocenters. The third kappa shape index (κ3) is 5.61. The van der Waals surface area contributed by atoms with Crippen molar-refractivity contribution in [3.05, 3.63) is 48.0 Å². The molecule has 2 aromatic carbocycles. The molecule has 0 unspecified atom stereocenters. The number of carbonyl (C=O) groups excluding carboxylic acids is 2. The standard InChI is InChI=1S/C19H22N2O6/c1-25-13-7-8-17(26-2)16(11-13)21-18(23)12-27-19(24)14-5-3-4-6-15(14)20-9-10-22/h3-8,11,20,22H,9-10,12H2,1-2H3,(H,21,23). The molecule has 0 spiro atoms. The molecule has 8 heteroatoms. The zero-order valence-electron chi connectivity index (χ0n) is 15.2. The number of rotatable bonds is 9. The zero-order valence-corrected chi connectivity index (χ0v) is 15.2. The van der Waals surface area contributed by atoms with Crippen LogP contribution < -0.4 is 20.1 Å². The summed E-state index contributed by atoms with van der Waals surface area (Å²) in [6.07, 6.45) is 0. The van der Waals surface area contributed by atoms with Gasteiger partial charge >= 0.3 is 5.97 Å². The Morgan fingerprint density at radius 3 is 2.52 bits per heavy atom. The van der Waals surface area contributed by atoms with Gasteiger partial charge in [0.2, 0.25) is 0 Å². The van der Waals surface area contributed by atoms with E-state index >= 15 is 0 Å². The number of anilines is 2. The number of amides is 1. The van der Waals surface area contributed by atoms with E-state index < -0.39 is 18.5 Å². The predicted molar refractivity (Wildman–Crippen MR) is 100 cm³/mol. The van der Waals surface area contributed by atoms with Crippen LogP contribution in [0.3, 0.4) is 0 Å². The van der Waals surface area contributed by atoms with Crippen LogP contribution in [-0.2, 0) is 9.53 Å². The van der Waals surface area contributed by atoms with Crippen molar-refractivity contribution in [1.82, 2.24) is 0 Å². The van der Waals surface area contributed by atoms with E-state index in [-0.39, 0.29) is 12.2 Å². The summed E-state index contributed by atoms with van der Waals surface area (Å²) in [4.78, 5) is 24.4. The van der Waals surface area contributed by atoms with Gasteiger partial charge in [-0.05, 0) is 24.3 Å². The lowest BCUT2D eigenvalue weighted by atomic mass is 10.2. The molecule has 0 aliphatic rings. The van der Waals surface area contributed by atoms with Gasteiger partial charge < -0.3 is 30.0 Å². The third-order valence-electron chi connectivity index (χ3n) is 3.59. The molecular formula is C19H22N2O6. The third-order valence-corrected chi connectivity index (χ3v) is 3.59. The first kappa shape index (κ1) is 20.1. The molecule has 3 N–H and O–H groups in total. The van der Waals surface area contributed by atoms with Crippen LogP contribution in [0.4, 0.5) is 11.4 Å². The highest BCUT2D eigenvalue weighted by molar-refractivity contribution is 5.99. The number of methoxy groups -OCH3 is 2. The molecule has 2 aromatic rings. The molecular weight excluding hydrogens is 352 g/mol. The van der Waals surface area contributed by atoms with Crippen LogP contribution in [0.5, 0.6) is 11.5 Å². The summed E-state index contributed by atoms with van der Waals surface area (Å²) in [5, 5.41) is 14.4. The van der Waals surface area contributed by atoms with Gasteiger partial charge in [0.15, 0.2) is 6.61 Å². The Morgan fingerprint density at radius 1 is 1.04 bits per heavy atom. The smallest absolute Gasteiger partial charge is 0.340 e. The Balaban J connectivity index is 1.99. The average molecular weight is 374 g/mol. The summed E-state index contributed by atoms with van der Waals surface area (Å²) in [6.45, 7) is -0.248. The Bertz CT molecular complexity index is 794. The predicted octanol–water partition coefficient (Wildman–Crippen LogP) is 1.90. The number of nitrogens with one attached hydrogen (secondary N) is 2. The van der Waals surface area contributed by atoms with E-state index in [1.807, 2.05) is 0 Å². The fourth-order valence-electron chi connectivity index (χ4n) is 2.31. The molecule has 27 heavy (non-hydrogen) atoms. The van der Waals surface area contributed by atoms with Crippen LogP contribution in [0.2, 0.25) is 0 Å². The second-order valence-corrected chi connectivity index (χ2v) is 5.39. The van der Waals surface area contributed by atoms with Crippen LogP contribution >= 0.6 is 0 Å². The first-order valence-electron chi connectivity index (χ1n) is 8.21. The number of carbonyl (C=O) groups is 2. The average Bonchev–Trinajstić information content (AvgIpc) is 2.70. The van der Waals surface area contributed by atoms with Gasteiger partial charge in [0.05, 0.1) is 32.1 Å². The van der Waals surface area contributed by atoms with Crippen molar-refractivity contribution in [2.24, 2.45) is 0 Å². The van der Waals surface area contributed by atoms with Crippen molar-refractivity contribution in [3.8, 4) is 11.5 Å². The summed E-state index contributed by atoms with van der Waals surface area (Å²) < 4.78 is 15.4. The van der Waals surface area contributed by atoms with Crippen molar-refractivity contribution in [2.75, 3.05) is 44.6 Å². The molecule has 0 radical (unpaired) electrons. The topological polar surface area (TPSA) is 106 Å². The minimum atomic E-state index is -0.649. The molecule has 0 aliphatic heterocycles. The molecule has 0 aliphatic carbocycles. The van der Waals surface area contributed by atoms with E-state index in [2.05, 4.69) is 10.6 Å². The number of esters is 1. The Labute approximate surface area is 157 Å². The fraction of sp³-hybridized carbons (Fsp3) is 0.263. The van der Waals surface area contributed by atoms with Crippen molar-refractivity contribution in [2.45, 2.75) is 0 Å². The maximum atomic E-state index is 12.3. The Kier molecular flexibility index (Phi) is 7.45. The minimum absolute atomic E-state index is 0.0752. The van der Waals surface area contributed by atoms with Gasteiger partial charge in [-0.15, -0.1) is 0 Å². The lowest BCUT2D eigenvalue weighted by Crippen LogP contribution is -2.22. The van der Waals surface area contributed by atoms with Crippen LogP contribution in [0.25, 0.3) is 0 Å². The van der Waals surface area contributed by atoms with E-state index in [1.54, 1.807) is 42.5 Å². The van der Waals surface area contributed by atoms with E-state index in [4.69, 9.17) is 19.3 Å². The maximum absolute atomic E-state index is 12.3. The normalized spacial score (nSPS) is 10.0. The van der Waals surface area contributed by atoms with Crippen molar-refractivity contribution < 1.29 is 28.9 Å². The van der Waals surface area contributed by atoms with Gasteiger partial charge in [-0.1, -0.05) is 12.1 Å². The van der Waals surface area contributed by atoms with Gasteiger partial charge in [0.1, 0.15) is 11.5 Å². The van der Waals surface area contributed by atoms with Crippen LogP contribution in [-0.4, -0.2) is 51.0 Å². The van der Waals surface area contributed by atoms with E-state index in [9.17, 15) is 9.59 Å². The van der Waals surface area contributed by atoms with Crippen LogP contribution in [0.15, 0.2) is 42.5 Å². The summed E-state index contributed by atoms with van der Waals surface area (Å²) >= 11 is 0. The molecule has 2 rings (SSSR count). The van der Waals surface area contributed by atoms with E-state index in [0.29, 0.717) is 29.4 Å². The fourth-order valence-corrected chi connectivity index (χ4v) is 2.31. The van der Waals surface area contributed by atoms with Crippen molar-refractivity contribution in [3.63, 3.8) is 0 Å². The van der Waals surface area contributed by atoms with Crippen LogP contribution in [0.1, 0.15) is 10.4 Å². The Hall–Kier alpha value is -3.26. The first-order chi connectivity index (χ1) is 13.1. The largest absolute Gasteiger partial charge is 0.497 e. The lowest BCUT2D eigenvalue weighted by molar-refractivity contribution is -0.119. The van der Waals surface area contributed by atoms with Crippen molar-refractivity contribution in [1.29, 1.82) is 0 Å². The molecule has 0 aromatic heterocycles. The summed E-state index contributed by atoms with van der Waals surface area (Å²) in [5.74, 6) is -0.166. The van der Waals surface area contributed by atoms with Gasteiger partial charge in [-0.25, -0.2) is 4.79 Å². The number of hydrogen-bond acceptors (Lipinski definition) is 7. The number of para-hydroxylation sites is 1. The SMILES string of the molecule is COc1ccc(OC)c(NC(=O)COC(=O)c2ccccc2NCCO)c1. The van der Waals surface area contributed by atoms with Gasteiger partial charge in [-0.3, -0.25) is 4.79 Å². The number of ether oxygens (including phenoxy) is 3. The molecule has 0 bridgehead atoms. The van der Waals surface area contributed by atoms with Gasteiger partial charge in [0.25, 0.3) is 5.91 Å². The highest BCUT2D eigenvalue weighted by Crippen LogP contribution is 2.28. The van der Waals surface area contributed by atoms with E-state index in [1.165, 1.54) is 14.2 Å². The summed E-state index contributed by atoms with van der Waals surface area (Å²) in [5.41, 5.74) is 1.20. The second kappa shape index (κ2) is 10.0. The number of aliphatic hydroxyl groups is 1. The molecule has 1 amide bonds. The maximum Gasteiger partial charge on any atom is 0.340 e. The summed E-state index contributed by atoms with van der Waals surface area (Å²) in [6, 6.07) is 11.7. The van der Waals surface area contributed by atoms with Gasteiger partial charge in [0, 0.05) is 18.3 Å². The Morgan fingerprint density at radius 2 is 1.81 bits per heavy atom. The molecule has 0 fully saturated rings. The summed E-state index contributed by atoms with van der Waals surface area (Å²) in [7, 11) is 2.99. The number of benzene rings is 2. The lowest BCUT2D eigenvalue weighted by Gasteiger charge is -2.13. The minimum Gasteiger partial charge on any atom is -0.497 e. The highest BCUT2D eigenvalue weighted by atomic mass is 16.5. The van der Waals surface area contributed by atoms with Crippen LogP contribution in [0, 0.1) is 0 Å². The molecule has 8 nitrogen and oxygen atoms in total. The van der Waals surface area contributed by atoms with Gasteiger partial charge in [-0.2, -0.15) is 0 Å². The second-order valence-electron chi connectivity index (χ2n) is 5.39. The first-order valence-corrected chi connectivity index (χ1v) is 8.21. The zero-order chi connectivity index (χ0) is 19.6. The number of hydrogen-bond donors (Lipinski definition) is 3.